The van der Waals surface area contributed by atoms with Gasteiger partial charge in [0.05, 0.1) is 4.88 Å². The van der Waals surface area contributed by atoms with Gasteiger partial charge in [-0.2, -0.15) is 0 Å². The molecule has 0 fully saturated rings. The Kier molecular flexibility index (Phi) is 7.94. The number of hydrogen-bond donors (Lipinski definition) is 2. The maximum absolute atomic E-state index is 12.0. The summed E-state index contributed by atoms with van der Waals surface area (Å²) in [4.78, 5) is 24.4. The fraction of sp³-hybridized carbons (Fsp3) is 0.444. The SMILES string of the molecule is CCCCc1csc(OC(=O)NNC(=O)c2cc(CCCC)cs2)c1. The van der Waals surface area contributed by atoms with Crippen LogP contribution in [0.3, 0.4) is 0 Å². The monoisotopic (exact) mass is 380 g/mol. The van der Waals surface area contributed by atoms with Crippen LogP contribution in [0.25, 0.3) is 0 Å². The van der Waals surface area contributed by atoms with Crippen LogP contribution in [0.2, 0.25) is 0 Å². The summed E-state index contributed by atoms with van der Waals surface area (Å²) in [7, 11) is 0. The predicted molar refractivity (Wildman–Crippen MR) is 102 cm³/mol. The molecule has 25 heavy (non-hydrogen) atoms. The number of carbonyl (C=O) groups excluding carboxylic acids is 2. The summed E-state index contributed by atoms with van der Waals surface area (Å²) in [6, 6.07) is 3.73. The fourth-order valence-corrected chi connectivity index (χ4v) is 3.85. The minimum Gasteiger partial charge on any atom is -0.398 e. The number of hydrogen-bond acceptors (Lipinski definition) is 5. The first-order valence-electron chi connectivity index (χ1n) is 8.55. The lowest BCUT2D eigenvalue weighted by atomic mass is 10.1. The first-order chi connectivity index (χ1) is 12.1. The van der Waals surface area contributed by atoms with Crippen molar-refractivity contribution in [3.63, 3.8) is 0 Å². The summed E-state index contributed by atoms with van der Waals surface area (Å²) in [5, 5.41) is 4.49. The molecule has 0 aliphatic heterocycles. The molecule has 0 unspecified atom stereocenters. The average molecular weight is 381 g/mol. The molecule has 0 bridgehead atoms. The highest BCUT2D eigenvalue weighted by Crippen LogP contribution is 2.24. The van der Waals surface area contributed by atoms with Crippen molar-refractivity contribution in [2.24, 2.45) is 0 Å². The number of carbonyl (C=O) groups is 2. The number of thiophene rings is 2. The molecule has 0 saturated carbocycles. The molecule has 2 heterocycles. The number of nitrogens with one attached hydrogen (secondary N) is 2. The molecule has 0 spiro atoms. The van der Waals surface area contributed by atoms with Crippen LogP contribution in [0.5, 0.6) is 5.06 Å². The topological polar surface area (TPSA) is 67.4 Å². The van der Waals surface area contributed by atoms with E-state index in [9.17, 15) is 9.59 Å². The van der Waals surface area contributed by atoms with Gasteiger partial charge in [0.2, 0.25) is 0 Å². The molecule has 136 valence electrons. The highest BCUT2D eigenvalue weighted by molar-refractivity contribution is 7.12. The highest BCUT2D eigenvalue weighted by atomic mass is 32.1. The third kappa shape index (κ3) is 6.51. The van der Waals surface area contributed by atoms with Crippen molar-refractivity contribution >= 4 is 34.7 Å². The number of aryl methyl sites for hydroxylation is 2. The van der Waals surface area contributed by atoms with E-state index in [0.29, 0.717) is 9.94 Å². The second kappa shape index (κ2) is 10.2. The van der Waals surface area contributed by atoms with Gasteiger partial charge in [-0.15, -0.1) is 22.7 Å². The molecule has 5 nitrogen and oxygen atoms in total. The van der Waals surface area contributed by atoms with Crippen LogP contribution in [0, 0.1) is 0 Å². The number of rotatable bonds is 8. The van der Waals surface area contributed by atoms with Crippen molar-refractivity contribution in [2.45, 2.75) is 52.4 Å². The summed E-state index contributed by atoms with van der Waals surface area (Å²) >= 11 is 2.75. The zero-order valence-corrected chi connectivity index (χ0v) is 16.2. The molecule has 0 aromatic carbocycles. The third-order valence-electron chi connectivity index (χ3n) is 3.62. The van der Waals surface area contributed by atoms with Crippen LogP contribution in [-0.2, 0) is 12.8 Å². The van der Waals surface area contributed by atoms with Gasteiger partial charge in [-0.25, -0.2) is 10.2 Å². The van der Waals surface area contributed by atoms with E-state index in [1.807, 2.05) is 22.9 Å². The number of ether oxygens (including phenoxy) is 1. The second-order valence-electron chi connectivity index (χ2n) is 5.77. The standard InChI is InChI=1S/C18H24N2O3S2/c1-3-5-7-13-9-15(24-11-13)17(21)19-20-18(22)23-16-10-14(12-25-16)8-6-4-2/h9-12H,3-8H2,1-2H3,(H,19,21)(H,20,22). The molecule has 0 saturated heterocycles. The van der Waals surface area contributed by atoms with E-state index < -0.39 is 6.09 Å². The van der Waals surface area contributed by atoms with E-state index >= 15 is 0 Å². The zero-order chi connectivity index (χ0) is 18.1. The molecule has 0 atom stereocenters. The highest BCUT2D eigenvalue weighted by Gasteiger charge is 2.12. The molecule has 2 aromatic rings. The van der Waals surface area contributed by atoms with E-state index in [1.54, 1.807) is 0 Å². The second-order valence-corrected chi connectivity index (χ2v) is 7.55. The van der Waals surface area contributed by atoms with Crippen LogP contribution in [0.1, 0.15) is 60.3 Å². The van der Waals surface area contributed by atoms with Crippen LogP contribution in [0.15, 0.2) is 22.9 Å². The molecular weight excluding hydrogens is 356 g/mol. The lowest BCUT2D eigenvalue weighted by molar-refractivity contribution is 0.0933. The molecule has 0 aliphatic carbocycles. The fourth-order valence-electron chi connectivity index (χ4n) is 2.21. The van der Waals surface area contributed by atoms with Gasteiger partial charge in [0.1, 0.15) is 0 Å². The van der Waals surface area contributed by atoms with E-state index in [1.165, 1.54) is 22.7 Å². The summed E-state index contributed by atoms with van der Waals surface area (Å²) in [5.74, 6) is -0.334. The molecule has 0 radical (unpaired) electrons. The molecule has 2 N–H and O–H groups in total. The molecule has 2 amide bonds. The van der Waals surface area contributed by atoms with E-state index in [0.717, 1.165) is 49.7 Å². The smallest absolute Gasteiger partial charge is 0.398 e. The maximum Gasteiger partial charge on any atom is 0.432 e. The number of amides is 2. The van der Waals surface area contributed by atoms with Gasteiger partial charge in [-0.1, -0.05) is 26.7 Å². The molecule has 0 aliphatic rings. The van der Waals surface area contributed by atoms with E-state index in [-0.39, 0.29) is 5.91 Å². The molecular formula is C18H24N2O3S2. The maximum atomic E-state index is 12.0. The van der Waals surface area contributed by atoms with Crippen molar-refractivity contribution in [1.82, 2.24) is 10.9 Å². The summed E-state index contributed by atoms with van der Waals surface area (Å²) in [6.07, 6.45) is 5.71. The normalized spacial score (nSPS) is 10.5. The van der Waals surface area contributed by atoms with Gasteiger partial charge in [0.15, 0.2) is 5.06 Å². The average Bonchev–Trinajstić information content (AvgIpc) is 3.25. The van der Waals surface area contributed by atoms with Crippen molar-refractivity contribution < 1.29 is 14.3 Å². The van der Waals surface area contributed by atoms with Gasteiger partial charge >= 0.3 is 6.09 Å². The number of hydrazine groups is 1. The van der Waals surface area contributed by atoms with Crippen molar-refractivity contribution in [2.75, 3.05) is 0 Å². The lowest BCUT2D eigenvalue weighted by Gasteiger charge is -2.05. The minimum atomic E-state index is -0.694. The Balaban J connectivity index is 1.76. The Morgan fingerprint density at radius 3 is 2.28 bits per heavy atom. The van der Waals surface area contributed by atoms with Gasteiger partial charge in [0, 0.05) is 0 Å². The van der Waals surface area contributed by atoms with Crippen molar-refractivity contribution in [3.05, 3.63) is 38.9 Å². The van der Waals surface area contributed by atoms with Gasteiger partial charge < -0.3 is 4.74 Å². The predicted octanol–water partition coefficient (Wildman–Crippen LogP) is 4.93. The largest absolute Gasteiger partial charge is 0.432 e. The third-order valence-corrected chi connectivity index (χ3v) is 5.45. The molecule has 2 rings (SSSR count). The Hall–Kier alpha value is -1.86. The molecule has 7 heteroatoms. The Bertz CT molecular complexity index is 694. The first kappa shape index (κ1) is 19.5. The van der Waals surface area contributed by atoms with Crippen LogP contribution in [-0.4, -0.2) is 12.0 Å². The summed E-state index contributed by atoms with van der Waals surface area (Å²) in [5.41, 5.74) is 6.98. The Morgan fingerprint density at radius 1 is 0.960 bits per heavy atom. The number of unbranched alkanes of at least 4 members (excludes halogenated alkanes) is 2. The van der Waals surface area contributed by atoms with E-state index in [2.05, 4.69) is 24.7 Å². The lowest BCUT2D eigenvalue weighted by Crippen LogP contribution is -2.42. The van der Waals surface area contributed by atoms with Crippen molar-refractivity contribution in [1.29, 1.82) is 0 Å². The summed E-state index contributed by atoms with van der Waals surface area (Å²) in [6.45, 7) is 4.27. The van der Waals surface area contributed by atoms with Crippen LogP contribution < -0.4 is 15.6 Å². The van der Waals surface area contributed by atoms with Gasteiger partial charge in [0.25, 0.3) is 5.91 Å². The zero-order valence-electron chi connectivity index (χ0n) is 14.6. The van der Waals surface area contributed by atoms with Gasteiger partial charge in [-0.3, -0.25) is 10.2 Å². The van der Waals surface area contributed by atoms with Crippen LogP contribution in [0.4, 0.5) is 4.79 Å². The quantitative estimate of drug-likeness (QED) is 0.638. The minimum absolute atomic E-state index is 0.334. The summed E-state index contributed by atoms with van der Waals surface area (Å²) < 4.78 is 5.18. The van der Waals surface area contributed by atoms with Crippen LogP contribution >= 0.6 is 22.7 Å². The van der Waals surface area contributed by atoms with Gasteiger partial charge in [-0.05, 0) is 59.7 Å². The van der Waals surface area contributed by atoms with Crippen molar-refractivity contribution in [3.8, 4) is 5.06 Å². The molecule has 2 aromatic heterocycles. The van der Waals surface area contributed by atoms with E-state index in [4.69, 9.17) is 4.74 Å². The first-order valence-corrected chi connectivity index (χ1v) is 10.3. The Labute approximate surface area is 156 Å². The Morgan fingerprint density at radius 2 is 1.60 bits per heavy atom.